The minimum atomic E-state index is -0.834. The highest BCUT2D eigenvalue weighted by Crippen LogP contribution is 2.28. The van der Waals surface area contributed by atoms with E-state index in [0.29, 0.717) is 6.54 Å². The predicted molar refractivity (Wildman–Crippen MR) is 80.3 cm³/mol. The van der Waals surface area contributed by atoms with Gasteiger partial charge in [0.1, 0.15) is 5.60 Å². The highest BCUT2D eigenvalue weighted by Gasteiger charge is 2.28. The van der Waals surface area contributed by atoms with Gasteiger partial charge in [0.05, 0.1) is 5.69 Å². The monoisotopic (exact) mass is 260 g/mol. The van der Waals surface area contributed by atoms with Crippen molar-refractivity contribution in [2.45, 2.75) is 26.4 Å². The normalized spacial score (nSPS) is 15.1. The van der Waals surface area contributed by atoms with Gasteiger partial charge in [0, 0.05) is 19.1 Å². The van der Waals surface area contributed by atoms with Crippen molar-refractivity contribution >= 4 is 10.9 Å². The van der Waals surface area contributed by atoms with E-state index in [1.165, 1.54) is 5.39 Å². The molecule has 1 heterocycles. The van der Waals surface area contributed by atoms with Crippen LogP contribution in [0.1, 0.15) is 26.5 Å². The van der Waals surface area contributed by atoms with Crippen LogP contribution < -0.4 is 0 Å². The molecule has 0 amide bonds. The number of rotatable bonds is 5. The van der Waals surface area contributed by atoms with Gasteiger partial charge in [-0.3, -0.25) is 0 Å². The lowest BCUT2D eigenvalue weighted by atomic mass is 10.0. The first kappa shape index (κ1) is 14.1. The molecule has 2 rings (SSSR count). The van der Waals surface area contributed by atoms with E-state index in [1.54, 1.807) is 0 Å². The molecular weight excluding hydrogens is 236 g/mol. The molecule has 1 N–H and O–H groups in total. The first-order chi connectivity index (χ1) is 8.99. The Bertz CT molecular complexity index is 553. The Morgan fingerprint density at radius 1 is 1.21 bits per heavy atom. The minimum Gasteiger partial charge on any atom is -0.383 e. The number of aryl methyl sites for hydroxylation is 1. The number of benzene rings is 1. The predicted octanol–water partition coefficient (Wildman–Crippen LogP) is 2.73. The third kappa shape index (κ3) is 2.67. The molecule has 1 aromatic heterocycles. The van der Waals surface area contributed by atoms with E-state index < -0.39 is 5.60 Å². The molecule has 3 nitrogen and oxygen atoms in total. The molecule has 1 unspecified atom stereocenters. The molecule has 19 heavy (non-hydrogen) atoms. The molecule has 1 atom stereocenters. The van der Waals surface area contributed by atoms with Gasteiger partial charge in [-0.2, -0.15) is 0 Å². The molecule has 0 radical (unpaired) electrons. The van der Waals surface area contributed by atoms with Gasteiger partial charge >= 0.3 is 0 Å². The number of hydrogen-bond acceptors (Lipinski definition) is 2. The number of nitrogens with zero attached hydrogens (tertiary/aromatic N) is 2. The Kier molecular flexibility index (Phi) is 3.97. The van der Waals surface area contributed by atoms with E-state index in [0.717, 1.165) is 24.3 Å². The maximum Gasteiger partial charge on any atom is 0.114 e. The van der Waals surface area contributed by atoms with Crippen LogP contribution in [0.15, 0.2) is 30.3 Å². The van der Waals surface area contributed by atoms with Crippen molar-refractivity contribution in [2.24, 2.45) is 7.05 Å². The van der Waals surface area contributed by atoms with Crippen LogP contribution in [0.2, 0.25) is 0 Å². The van der Waals surface area contributed by atoms with Gasteiger partial charge in [0.15, 0.2) is 0 Å². The summed E-state index contributed by atoms with van der Waals surface area (Å²) in [7, 11) is 2.02. The molecule has 0 bridgehead atoms. The average Bonchev–Trinajstić information content (AvgIpc) is 2.75. The lowest BCUT2D eigenvalue weighted by Gasteiger charge is -2.30. The minimum absolute atomic E-state index is 0.657. The molecule has 0 aliphatic rings. The molecule has 1 aromatic carbocycles. The quantitative estimate of drug-likeness (QED) is 0.895. The number of fused-ring (bicyclic) bond motifs is 1. The van der Waals surface area contributed by atoms with Gasteiger partial charge in [-0.25, -0.2) is 0 Å². The van der Waals surface area contributed by atoms with Crippen molar-refractivity contribution in [2.75, 3.05) is 19.6 Å². The summed E-state index contributed by atoms with van der Waals surface area (Å²) < 4.78 is 2.10. The zero-order chi connectivity index (χ0) is 14.0. The highest BCUT2D eigenvalue weighted by atomic mass is 16.3. The number of para-hydroxylation sites is 1. The van der Waals surface area contributed by atoms with Gasteiger partial charge in [-0.1, -0.05) is 32.0 Å². The molecule has 0 aliphatic carbocycles. The van der Waals surface area contributed by atoms with Crippen LogP contribution in [0.25, 0.3) is 10.9 Å². The largest absolute Gasteiger partial charge is 0.383 e. The number of hydrogen-bond donors (Lipinski definition) is 1. The second-order valence-electron chi connectivity index (χ2n) is 5.38. The van der Waals surface area contributed by atoms with Crippen LogP contribution in [0, 0.1) is 0 Å². The zero-order valence-corrected chi connectivity index (χ0v) is 12.3. The van der Waals surface area contributed by atoms with Crippen molar-refractivity contribution in [3.8, 4) is 0 Å². The summed E-state index contributed by atoms with van der Waals surface area (Å²) in [5.74, 6) is 0. The smallest absolute Gasteiger partial charge is 0.114 e. The van der Waals surface area contributed by atoms with Crippen LogP contribution in [0.3, 0.4) is 0 Å². The molecule has 0 saturated heterocycles. The van der Waals surface area contributed by atoms with Gasteiger partial charge in [-0.15, -0.1) is 0 Å². The summed E-state index contributed by atoms with van der Waals surface area (Å²) in [5.41, 5.74) is 1.30. The Hall–Kier alpha value is -1.32. The molecule has 2 aromatic rings. The molecule has 0 spiro atoms. The summed E-state index contributed by atoms with van der Waals surface area (Å²) >= 11 is 0. The van der Waals surface area contributed by atoms with Crippen LogP contribution in [0.4, 0.5) is 0 Å². The first-order valence-electron chi connectivity index (χ1n) is 6.99. The Labute approximate surface area is 115 Å². The van der Waals surface area contributed by atoms with Gasteiger partial charge in [-0.05, 0) is 37.5 Å². The number of likely N-dealkylation sites (N-methyl/N-ethyl adjacent to an activating group) is 1. The molecule has 104 valence electrons. The lowest BCUT2D eigenvalue weighted by Crippen LogP contribution is -2.39. The standard InChI is InChI=1S/C16H24N2O/c1-5-18(6-2)12-16(3,19)15-11-13-9-7-8-10-14(13)17(15)4/h7-11,19H,5-6,12H2,1-4H3. The molecule has 0 aliphatic heterocycles. The van der Waals surface area contributed by atoms with E-state index in [2.05, 4.69) is 41.5 Å². The van der Waals surface area contributed by atoms with Crippen LogP contribution in [0.5, 0.6) is 0 Å². The second kappa shape index (κ2) is 5.35. The van der Waals surface area contributed by atoms with E-state index in [9.17, 15) is 5.11 Å². The Morgan fingerprint density at radius 2 is 1.84 bits per heavy atom. The fraction of sp³-hybridized carbons (Fsp3) is 0.500. The molecular formula is C16H24N2O. The summed E-state index contributed by atoms with van der Waals surface area (Å²) in [6.07, 6.45) is 0. The third-order valence-corrected chi connectivity index (χ3v) is 3.93. The SMILES string of the molecule is CCN(CC)CC(C)(O)c1cc2ccccc2n1C. The average molecular weight is 260 g/mol. The van der Waals surface area contributed by atoms with Crippen molar-refractivity contribution in [1.82, 2.24) is 9.47 Å². The van der Waals surface area contributed by atoms with Crippen molar-refractivity contribution in [1.29, 1.82) is 0 Å². The summed E-state index contributed by atoms with van der Waals surface area (Å²) in [6, 6.07) is 10.3. The maximum atomic E-state index is 10.8. The Morgan fingerprint density at radius 3 is 2.42 bits per heavy atom. The topological polar surface area (TPSA) is 28.4 Å². The molecule has 3 heteroatoms. The van der Waals surface area contributed by atoms with Crippen LogP contribution in [-0.2, 0) is 12.6 Å². The molecule has 0 saturated carbocycles. The summed E-state index contributed by atoms with van der Waals surface area (Å²) in [4.78, 5) is 2.25. The highest BCUT2D eigenvalue weighted by molar-refractivity contribution is 5.81. The number of aromatic nitrogens is 1. The third-order valence-electron chi connectivity index (χ3n) is 3.93. The lowest BCUT2D eigenvalue weighted by molar-refractivity contribution is 0.0130. The number of aliphatic hydroxyl groups is 1. The van der Waals surface area contributed by atoms with E-state index in [4.69, 9.17) is 0 Å². The van der Waals surface area contributed by atoms with E-state index in [1.807, 2.05) is 26.1 Å². The van der Waals surface area contributed by atoms with Crippen LogP contribution in [-0.4, -0.2) is 34.2 Å². The van der Waals surface area contributed by atoms with E-state index in [-0.39, 0.29) is 0 Å². The van der Waals surface area contributed by atoms with Gasteiger partial charge in [0.2, 0.25) is 0 Å². The Balaban J connectivity index is 2.39. The van der Waals surface area contributed by atoms with Crippen molar-refractivity contribution in [3.05, 3.63) is 36.0 Å². The summed E-state index contributed by atoms with van der Waals surface area (Å²) in [6.45, 7) is 8.72. The van der Waals surface area contributed by atoms with Crippen molar-refractivity contribution < 1.29 is 5.11 Å². The fourth-order valence-corrected chi connectivity index (χ4v) is 2.77. The maximum absolute atomic E-state index is 10.8. The molecule has 0 fully saturated rings. The van der Waals surface area contributed by atoms with Gasteiger partial charge < -0.3 is 14.6 Å². The summed E-state index contributed by atoms with van der Waals surface area (Å²) in [5, 5.41) is 12.0. The fourth-order valence-electron chi connectivity index (χ4n) is 2.77. The zero-order valence-electron chi connectivity index (χ0n) is 12.3. The van der Waals surface area contributed by atoms with Crippen molar-refractivity contribution in [3.63, 3.8) is 0 Å². The second-order valence-corrected chi connectivity index (χ2v) is 5.38. The first-order valence-corrected chi connectivity index (χ1v) is 6.99. The van der Waals surface area contributed by atoms with Gasteiger partial charge in [0.25, 0.3) is 0 Å². The van der Waals surface area contributed by atoms with Crippen LogP contribution >= 0.6 is 0 Å². The van der Waals surface area contributed by atoms with E-state index >= 15 is 0 Å².